The Hall–Kier alpha value is -5.39. The summed E-state index contributed by atoms with van der Waals surface area (Å²) in [7, 11) is -3.75. The van der Waals surface area contributed by atoms with Crippen LogP contribution in [-0.2, 0) is 32.7 Å². The van der Waals surface area contributed by atoms with Crippen molar-refractivity contribution in [3.05, 3.63) is 118 Å². The van der Waals surface area contributed by atoms with E-state index in [4.69, 9.17) is 23.5 Å². The molecule has 0 aliphatic carbocycles. The smallest absolute Gasteiger partial charge is 0.475 e. The van der Waals surface area contributed by atoms with E-state index in [9.17, 15) is 36.3 Å². The van der Waals surface area contributed by atoms with Gasteiger partial charge in [-0.15, -0.1) is 0 Å². The van der Waals surface area contributed by atoms with Crippen molar-refractivity contribution in [3.8, 4) is 0 Å². The molecule has 0 spiro atoms. The molecule has 0 unspecified atom stereocenters. The number of nitrogens with zero attached hydrogens (tertiary/aromatic N) is 1. The summed E-state index contributed by atoms with van der Waals surface area (Å²) in [5, 5.41) is 22.3. The lowest BCUT2D eigenvalue weighted by atomic mass is 9.99. The number of aryl methyl sites for hydroxylation is 2. The molecule has 2 aromatic heterocycles. The predicted octanol–water partition coefficient (Wildman–Crippen LogP) is 5.78. The number of carboxylic acids is 1. The van der Waals surface area contributed by atoms with Gasteiger partial charge in [-0.2, -0.15) is 13.2 Å². The zero-order valence-corrected chi connectivity index (χ0v) is 29.0. The van der Waals surface area contributed by atoms with Crippen LogP contribution < -0.4 is 15.9 Å². The third-order valence-electron chi connectivity index (χ3n) is 7.75. The molecule has 13 nitrogen and oxygen atoms in total. The maximum atomic E-state index is 12.7. The number of carbonyl (C=O) groups excluding carboxylic acids is 1. The molecule has 4 N–H and O–H groups in total. The quantitative estimate of drug-likeness (QED) is 0.107. The van der Waals surface area contributed by atoms with Crippen molar-refractivity contribution in [1.82, 2.24) is 9.88 Å². The van der Waals surface area contributed by atoms with Gasteiger partial charge in [-0.25, -0.2) is 22.8 Å². The number of alkyl halides is 3. The van der Waals surface area contributed by atoms with Crippen LogP contribution in [0.3, 0.4) is 0 Å². The standard InChI is InChI=1S/C33H35N3O8S.C2HF3O2/c1-22-30(44-32(39)43-22)21-42-31(38)25-12-13-28-23(18-25)14-16-36(28)17-15-33(2,3)34-20-29(37)24-8-7-9-26(19-24)35-45(40,41)27-10-5-4-6-11-27;3-2(4,5)1(6)7/h4-14,16,18-19,29,34-35,37H,15,17,20-21H2,1-3H3;(H,6,7)/t29-;/m0./s1. The van der Waals surface area contributed by atoms with Crippen LogP contribution in [0.2, 0.25) is 0 Å². The number of hydrogen-bond donors (Lipinski definition) is 4. The fraction of sp³-hybridized carbons (Fsp3) is 0.286. The fourth-order valence-electron chi connectivity index (χ4n) is 4.85. The van der Waals surface area contributed by atoms with Crippen LogP contribution in [0.5, 0.6) is 0 Å². The topological polar surface area (TPSA) is 190 Å². The third kappa shape index (κ3) is 10.8. The van der Waals surface area contributed by atoms with E-state index < -0.39 is 40.1 Å². The van der Waals surface area contributed by atoms with Gasteiger partial charge < -0.3 is 33.7 Å². The second-order valence-electron chi connectivity index (χ2n) is 12.2. The number of esters is 1. The number of benzene rings is 3. The maximum Gasteiger partial charge on any atom is 0.519 e. The molecule has 5 aromatic rings. The first kappa shape index (κ1) is 39.4. The molecule has 0 saturated heterocycles. The van der Waals surface area contributed by atoms with Crippen molar-refractivity contribution < 1.29 is 55.0 Å². The van der Waals surface area contributed by atoms with Crippen LogP contribution in [0.4, 0.5) is 18.9 Å². The van der Waals surface area contributed by atoms with Crippen molar-refractivity contribution in [2.24, 2.45) is 0 Å². The molecule has 52 heavy (non-hydrogen) atoms. The summed E-state index contributed by atoms with van der Waals surface area (Å²) < 4.78 is 76.7. The summed E-state index contributed by atoms with van der Waals surface area (Å²) in [5.41, 5.74) is 1.94. The van der Waals surface area contributed by atoms with E-state index in [1.165, 1.54) is 12.1 Å². The summed E-state index contributed by atoms with van der Waals surface area (Å²) in [4.78, 5) is 32.8. The van der Waals surface area contributed by atoms with Crippen LogP contribution in [0.25, 0.3) is 10.9 Å². The number of fused-ring (bicyclic) bond motifs is 1. The van der Waals surface area contributed by atoms with E-state index in [2.05, 4.69) is 14.6 Å². The van der Waals surface area contributed by atoms with Crippen LogP contribution in [0.15, 0.2) is 104 Å². The highest BCUT2D eigenvalue weighted by Crippen LogP contribution is 2.24. The SMILES string of the molecule is Cc1oc(=O)oc1COC(=O)c1ccc2c(ccn2CCC(C)(C)NC[C@H](O)c2cccc(NS(=O)(=O)c3ccccc3)c2)c1.O=C(O)C(F)(F)F. The number of ether oxygens (including phenoxy) is 1. The molecule has 0 amide bonds. The average molecular weight is 748 g/mol. The number of carbonyl (C=O) groups is 2. The number of anilines is 1. The number of rotatable bonds is 13. The van der Waals surface area contributed by atoms with Crippen LogP contribution >= 0.6 is 0 Å². The number of hydrogen-bond acceptors (Lipinski definition) is 10. The number of aliphatic hydroxyl groups excluding tert-OH is 1. The van der Waals surface area contributed by atoms with E-state index in [0.717, 1.165) is 17.3 Å². The highest BCUT2D eigenvalue weighted by molar-refractivity contribution is 7.92. The van der Waals surface area contributed by atoms with Gasteiger partial charge in [0.2, 0.25) is 0 Å². The second kappa shape index (κ2) is 16.3. The monoisotopic (exact) mass is 747 g/mol. The Bertz CT molecular complexity index is 2180. The Labute approximate surface area is 295 Å². The number of nitrogens with one attached hydrogen (secondary N) is 2. The minimum absolute atomic E-state index is 0.159. The largest absolute Gasteiger partial charge is 0.519 e. The van der Waals surface area contributed by atoms with Gasteiger partial charge in [-0.3, -0.25) is 4.72 Å². The summed E-state index contributed by atoms with van der Waals surface area (Å²) in [6, 6.07) is 22.1. The highest BCUT2D eigenvalue weighted by Gasteiger charge is 2.38. The molecular formula is C35H36F3N3O10S. The molecule has 1 atom stereocenters. The first-order chi connectivity index (χ1) is 24.3. The van der Waals surface area contributed by atoms with E-state index in [1.807, 2.05) is 32.2 Å². The van der Waals surface area contributed by atoms with Gasteiger partial charge in [0.25, 0.3) is 10.0 Å². The number of sulfonamides is 1. The molecule has 0 radical (unpaired) electrons. The van der Waals surface area contributed by atoms with E-state index >= 15 is 0 Å². The lowest BCUT2D eigenvalue weighted by molar-refractivity contribution is -0.192. The molecular weight excluding hydrogens is 711 g/mol. The molecule has 0 fully saturated rings. The first-order valence-electron chi connectivity index (χ1n) is 15.6. The lowest BCUT2D eigenvalue weighted by Gasteiger charge is -2.28. The van der Waals surface area contributed by atoms with Gasteiger partial charge in [0, 0.05) is 41.4 Å². The van der Waals surface area contributed by atoms with Gasteiger partial charge in [0.15, 0.2) is 18.1 Å². The molecule has 278 valence electrons. The Morgan fingerprint density at radius 1 is 0.981 bits per heavy atom. The number of halogens is 3. The number of aliphatic carboxylic acids is 1. The highest BCUT2D eigenvalue weighted by atomic mass is 32.2. The molecule has 2 heterocycles. The van der Waals surface area contributed by atoms with Gasteiger partial charge >= 0.3 is 23.9 Å². The summed E-state index contributed by atoms with van der Waals surface area (Å²) in [5.74, 6) is -3.70. The molecule has 0 aliphatic rings. The van der Waals surface area contributed by atoms with Gasteiger partial charge in [0.1, 0.15) is 0 Å². The van der Waals surface area contributed by atoms with Gasteiger partial charge in [-0.1, -0.05) is 30.3 Å². The lowest BCUT2D eigenvalue weighted by Crippen LogP contribution is -2.42. The molecule has 17 heteroatoms. The molecule has 5 rings (SSSR count). The fourth-order valence-corrected chi connectivity index (χ4v) is 5.92. The second-order valence-corrected chi connectivity index (χ2v) is 13.9. The zero-order valence-electron chi connectivity index (χ0n) is 28.1. The van der Waals surface area contributed by atoms with Crippen LogP contribution in [-0.4, -0.2) is 53.4 Å². The zero-order chi connectivity index (χ0) is 38.3. The summed E-state index contributed by atoms with van der Waals surface area (Å²) in [6.07, 6.45) is -3.25. The molecule has 0 aliphatic heterocycles. The Morgan fingerprint density at radius 3 is 2.31 bits per heavy atom. The van der Waals surface area contributed by atoms with E-state index in [-0.39, 0.29) is 35.1 Å². The van der Waals surface area contributed by atoms with E-state index in [0.29, 0.717) is 23.4 Å². The van der Waals surface area contributed by atoms with Crippen molar-refractivity contribution in [1.29, 1.82) is 0 Å². The first-order valence-corrected chi connectivity index (χ1v) is 17.1. The number of aliphatic hydroxyl groups is 1. The van der Waals surface area contributed by atoms with Gasteiger partial charge in [0.05, 0.1) is 16.6 Å². The maximum absolute atomic E-state index is 12.7. The number of β-amino-alcohol motifs (C(OH)–C–C–N with tert-alkyl or cyclic N) is 1. The van der Waals surface area contributed by atoms with Crippen molar-refractivity contribution >= 4 is 38.6 Å². The average Bonchev–Trinajstić information content (AvgIpc) is 3.65. The van der Waals surface area contributed by atoms with E-state index in [1.54, 1.807) is 61.5 Å². The van der Waals surface area contributed by atoms with Gasteiger partial charge in [-0.05, 0) is 81.3 Å². The molecule has 0 saturated carbocycles. The summed E-state index contributed by atoms with van der Waals surface area (Å²) in [6.45, 7) is 6.40. The minimum atomic E-state index is -5.08. The Balaban J connectivity index is 0.000000785. The Morgan fingerprint density at radius 2 is 1.67 bits per heavy atom. The number of carboxylic acid groups (broad SMARTS) is 1. The third-order valence-corrected chi connectivity index (χ3v) is 9.15. The number of aromatic nitrogens is 1. The van der Waals surface area contributed by atoms with Crippen LogP contribution in [0.1, 0.15) is 53.8 Å². The Kier molecular flexibility index (Phi) is 12.4. The predicted molar refractivity (Wildman–Crippen MR) is 182 cm³/mol. The molecule has 3 aromatic carbocycles. The molecule has 0 bridgehead atoms. The van der Waals surface area contributed by atoms with Crippen molar-refractivity contribution in [2.75, 3.05) is 11.3 Å². The van der Waals surface area contributed by atoms with Crippen molar-refractivity contribution in [2.45, 2.75) is 63.1 Å². The van der Waals surface area contributed by atoms with Crippen molar-refractivity contribution in [3.63, 3.8) is 0 Å². The summed E-state index contributed by atoms with van der Waals surface area (Å²) >= 11 is 0. The minimum Gasteiger partial charge on any atom is -0.475 e. The normalized spacial score (nSPS) is 12.5. The van der Waals surface area contributed by atoms with Crippen LogP contribution in [0, 0.1) is 6.92 Å².